The van der Waals surface area contributed by atoms with Crippen molar-refractivity contribution in [2.24, 2.45) is 5.11 Å². The van der Waals surface area contributed by atoms with Crippen molar-refractivity contribution in [3.63, 3.8) is 0 Å². The van der Waals surface area contributed by atoms with Crippen molar-refractivity contribution >= 4 is 17.6 Å². The molecule has 130 valence electrons. The lowest BCUT2D eigenvalue weighted by Gasteiger charge is -2.22. The predicted molar refractivity (Wildman–Crippen MR) is 87.7 cm³/mol. The summed E-state index contributed by atoms with van der Waals surface area (Å²) >= 11 is 5.84. The average Bonchev–Trinajstić information content (AvgIpc) is 2.55. The van der Waals surface area contributed by atoms with E-state index in [1.807, 2.05) is 0 Å². The van der Waals surface area contributed by atoms with Crippen LogP contribution in [0.1, 0.15) is 29.5 Å². The van der Waals surface area contributed by atoms with Gasteiger partial charge in [-0.3, -0.25) is 9.78 Å². The smallest absolute Gasteiger partial charge is 0.313 e. The predicted octanol–water partition coefficient (Wildman–Crippen LogP) is 4.74. The fraction of sp³-hybridized carbons (Fsp3) is 0.250. The second kappa shape index (κ2) is 7.46. The summed E-state index contributed by atoms with van der Waals surface area (Å²) in [6.45, 7) is 0.715. The van der Waals surface area contributed by atoms with Crippen molar-refractivity contribution in [3.8, 4) is 0 Å². The number of carboxylic acids is 1. The van der Waals surface area contributed by atoms with Crippen LogP contribution in [0.15, 0.2) is 47.8 Å². The third kappa shape index (κ3) is 4.43. The van der Waals surface area contributed by atoms with Crippen molar-refractivity contribution in [1.82, 2.24) is 4.98 Å². The Morgan fingerprint density at radius 3 is 2.48 bits per heavy atom. The van der Waals surface area contributed by atoms with Crippen molar-refractivity contribution in [2.45, 2.75) is 24.8 Å². The van der Waals surface area contributed by atoms with Crippen LogP contribution in [-0.2, 0) is 10.7 Å². The maximum atomic E-state index is 13.6. The average molecular weight is 367 g/mol. The zero-order valence-electron chi connectivity index (χ0n) is 13.0. The van der Waals surface area contributed by atoms with Gasteiger partial charge in [0, 0.05) is 40.7 Å². The summed E-state index contributed by atoms with van der Waals surface area (Å²) < 4.78 is 27.2. The molecule has 1 aromatic carbocycles. The van der Waals surface area contributed by atoms with Gasteiger partial charge in [-0.25, -0.2) is 8.78 Å². The number of benzene rings is 1. The number of aliphatic carboxylic acids is 1. The molecule has 0 saturated carbocycles. The minimum absolute atomic E-state index is 0.196. The molecule has 0 aliphatic rings. The van der Waals surface area contributed by atoms with E-state index in [0.29, 0.717) is 17.5 Å². The van der Waals surface area contributed by atoms with Crippen LogP contribution in [-0.4, -0.2) is 22.1 Å². The van der Waals surface area contributed by atoms with Crippen LogP contribution in [0.3, 0.4) is 0 Å². The van der Waals surface area contributed by atoms with Gasteiger partial charge in [-0.15, -0.1) is 0 Å². The van der Waals surface area contributed by atoms with Crippen molar-refractivity contribution in [3.05, 3.63) is 74.9 Å². The first-order valence-electron chi connectivity index (χ1n) is 7.09. The summed E-state index contributed by atoms with van der Waals surface area (Å²) in [5, 5.41) is 13.2. The Balaban J connectivity index is 2.64. The molecule has 2 atom stereocenters. The summed E-state index contributed by atoms with van der Waals surface area (Å²) in [6.07, 6.45) is 2.28. The van der Waals surface area contributed by atoms with Gasteiger partial charge in [0.05, 0.1) is 0 Å². The normalized spacial score (nSPS) is 13.6. The lowest BCUT2D eigenvalue weighted by atomic mass is 9.85. The molecule has 1 heterocycles. The Labute approximate surface area is 146 Å². The van der Waals surface area contributed by atoms with Gasteiger partial charge in [-0.05, 0) is 34.9 Å². The SMILES string of the molecule is CC(F)(F)c1cncc([C@H](c2ccc(Cl)cc2)C(N=[N+]=[N-])C(=O)O)c1. The molecular weight excluding hydrogens is 354 g/mol. The van der Waals surface area contributed by atoms with Crippen LogP contribution in [0, 0.1) is 0 Å². The molecule has 0 radical (unpaired) electrons. The molecule has 0 bridgehead atoms. The number of pyridine rings is 1. The Morgan fingerprint density at radius 1 is 1.32 bits per heavy atom. The number of azide groups is 1. The quantitative estimate of drug-likeness (QED) is 0.454. The zero-order chi connectivity index (χ0) is 18.6. The van der Waals surface area contributed by atoms with E-state index in [1.165, 1.54) is 18.3 Å². The van der Waals surface area contributed by atoms with Crippen LogP contribution in [0.2, 0.25) is 5.02 Å². The van der Waals surface area contributed by atoms with Crippen LogP contribution in [0.25, 0.3) is 10.4 Å². The molecule has 1 unspecified atom stereocenters. The number of carbonyl (C=O) groups is 1. The van der Waals surface area contributed by atoms with E-state index >= 15 is 0 Å². The van der Waals surface area contributed by atoms with Crippen LogP contribution < -0.4 is 0 Å². The van der Waals surface area contributed by atoms with Crippen LogP contribution >= 0.6 is 11.6 Å². The molecule has 0 aliphatic carbocycles. The van der Waals surface area contributed by atoms with Gasteiger partial charge < -0.3 is 5.11 Å². The molecule has 2 rings (SSSR count). The van der Waals surface area contributed by atoms with Gasteiger partial charge in [0.25, 0.3) is 5.92 Å². The first kappa shape index (κ1) is 18.6. The highest BCUT2D eigenvalue weighted by Gasteiger charge is 2.32. The molecule has 0 spiro atoms. The monoisotopic (exact) mass is 366 g/mol. The van der Waals surface area contributed by atoms with E-state index in [2.05, 4.69) is 15.0 Å². The van der Waals surface area contributed by atoms with Crippen molar-refractivity contribution in [1.29, 1.82) is 0 Å². The molecule has 0 aliphatic heterocycles. The number of alkyl halides is 2. The topological polar surface area (TPSA) is 99.0 Å². The number of nitrogens with zero attached hydrogens (tertiary/aromatic N) is 4. The fourth-order valence-corrected chi connectivity index (χ4v) is 2.54. The van der Waals surface area contributed by atoms with E-state index in [-0.39, 0.29) is 11.1 Å². The number of halogens is 3. The molecule has 0 saturated heterocycles. The van der Waals surface area contributed by atoms with E-state index in [4.69, 9.17) is 17.1 Å². The van der Waals surface area contributed by atoms with Gasteiger partial charge in [0.1, 0.15) is 6.04 Å². The highest BCUT2D eigenvalue weighted by atomic mass is 35.5. The number of aromatic nitrogens is 1. The molecule has 1 aromatic heterocycles. The summed E-state index contributed by atoms with van der Waals surface area (Å²) in [4.78, 5) is 17.9. The number of rotatable bonds is 6. The van der Waals surface area contributed by atoms with Gasteiger partial charge in [0.15, 0.2) is 0 Å². The van der Waals surface area contributed by atoms with E-state index in [1.54, 1.807) is 12.1 Å². The standard InChI is InChI=1S/C16H13ClF2N4O2/c1-16(18,19)11-6-10(7-21-8-11)13(14(15(24)25)22-23-20)9-2-4-12(17)5-3-9/h2-8,13-14H,1H3,(H,24,25)/t13-,14?/m0/s1. The van der Waals surface area contributed by atoms with Gasteiger partial charge in [-0.2, -0.15) is 0 Å². The number of hydrogen-bond donors (Lipinski definition) is 1. The van der Waals surface area contributed by atoms with Gasteiger partial charge in [0.2, 0.25) is 0 Å². The van der Waals surface area contributed by atoms with Gasteiger partial charge in [-0.1, -0.05) is 28.8 Å². The van der Waals surface area contributed by atoms with E-state index in [0.717, 1.165) is 12.3 Å². The summed E-state index contributed by atoms with van der Waals surface area (Å²) in [5.41, 5.74) is 8.97. The lowest BCUT2D eigenvalue weighted by Crippen LogP contribution is -2.27. The number of carboxylic acid groups (broad SMARTS) is 1. The Morgan fingerprint density at radius 2 is 1.96 bits per heavy atom. The summed E-state index contributed by atoms with van der Waals surface area (Å²) in [6, 6.07) is 5.79. The van der Waals surface area contributed by atoms with Crippen molar-refractivity contribution in [2.75, 3.05) is 0 Å². The van der Waals surface area contributed by atoms with Gasteiger partial charge >= 0.3 is 5.97 Å². The third-order valence-corrected chi connectivity index (χ3v) is 3.85. The molecule has 0 fully saturated rings. The molecule has 25 heavy (non-hydrogen) atoms. The largest absolute Gasteiger partial charge is 0.481 e. The third-order valence-electron chi connectivity index (χ3n) is 3.60. The lowest BCUT2D eigenvalue weighted by molar-refractivity contribution is -0.138. The van der Waals surface area contributed by atoms with E-state index in [9.17, 15) is 18.7 Å². The molecule has 9 heteroatoms. The summed E-state index contributed by atoms with van der Waals surface area (Å²) in [5.74, 6) is -5.53. The van der Waals surface area contributed by atoms with Crippen molar-refractivity contribution < 1.29 is 18.7 Å². The molecule has 2 aromatic rings. The highest BCUT2D eigenvalue weighted by molar-refractivity contribution is 6.30. The minimum atomic E-state index is -3.15. The van der Waals surface area contributed by atoms with Crippen LogP contribution in [0.5, 0.6) is 0 Å². The fourth-order valence-electron chi connectivity index (χ4n) is 2.41. The Kier molecular flexibility index (Phi) is 5.56. The first-order chi connectivity index (χ1) is 11.7. The minimum Gasteiger partial charge on any atom is -0.481 e. The molecule has 1 N–H and O–H groups in total. The second-order valence-electron chi connectivity index (χ2n) is 5.41. The Hall–Kier alpha value is -2.70. The highest BCUT2D eigenvalue weighted by Crippen LogP contribution is 2.34. The maximum absolute atomic E-state index is 13.6. The number of hydrogen-bond acceptors (Lipinski definition) is 3. The van der Waals surface area contributed by atoms with Crippen LogP contribution in [0.4, 0.5) is 8.78 Å². The summed E-state index contributed by atoms with van der Waals surface area (Å²) in [7, 11) is 0. The second-order valence-corrected chi connectivity index (χ2v) is 5.85. The molecule has 0 amide bonds. The van der Waals surface area contributed by atoms with E-state index < -0.39 is 23.9 Å². The molecule has 6 nitrogen and oxygen atoms in total. The zero-order valence-corrected chi connectivity index (χ0v) is 13.7. The Bertz CT molecular complexity index is 816. The first-order valence-corrected chi connectivity index (χ1v) is 7.47. The maximum Gasteiger partial charge on any atom is 0.313 e. The molecular formula is C16H13ClF2N4O2.